The zero-order valence-corrected chi connectivity index (χ0v) is 19.2. The summed E-state index contributed by atoms with van der Waals surface area (Å²) in [6.45, 7) is 0.907. The number of alkyl halides is 3. The Morgan fingerprint density at radius 3 is 2.47 bits per heavy atom. The summed E-state index contributed by atoms with van der Waals surface area (Å²) in [5, 5.41) is 3.11. The third-order valence-electron chi connectivity index (χ3n) is 4.51. The molecule has 178 valence electrons. The fraction of sp³-hybridized carbons (Fsp3) is 0.136. The maximum Gasteiger partial charge on any atom is 0.417 e. The molecule has 12 heteroatoms. The molecule has 0 bridgehead atoms. The second-order valence-corrected chi connectivity index (χ2v) is 9.30. The Morgan fingerprint density at radius 1 is 1.15 bits per heavy atom. The predicted octanol–water partition coefficient (Wildman–Crippen LogP) is 4.41. The lowest BCUT2D eigenvalue weighted by molar-refractivity contribution is -0.137. The van der Waals surface area contributed by atoms with E-state index in [1.165, 1.54) is 36.7 Å². The van der Waals surface area contributed by atoms with Crippen LogP contribution < -0.4 is 9.73 Å². The van der Waals surface area contributed by atoms with Crippen molar-refractivity contribution >= 4 is 39.4 Å². The smallest absolute Gasteiger partial charge is 0.271 e. The van der Waals surface area contributed by atoms with Gasteiger partial charge in [-0.25, -0.2) is 13.8 Å². The van der Waals surface area contributed by atoms with Crippen LogP contribution in [-0.4, -0.2) is 32.1 Å². The van der Waals surface area contributed by atoms with Gasteiger partial charge in [0, 0.05) is 6.20 Å². The Morgan fingerprint density at radius 2 is 1.85 bits per heavy atom. The van der Waals surface area contributed by atoms with E-state index in [-0.39, 0.29) is 10.6 Å². The number of aromatic nitrogens is 1. The Hall–Kier alpha value is -3.44. The molecule has 7 nitrogen and oxygen atoms in total. The second-order valence-electron chi connectivity index (χ2n) is 7.03. The first kappa shape index (κ1) is 25.2. The Kier molecular flexibility index (Phi) is 7.57. The monoisotopic (exact) mass is 510 g/mol. The average Bonchev–Trinajstić information content (AvgIpc) is 2.78. The minimum Gasteiger partial charge on any atom is -0.271 e. The molecule has 0 aliphatic carbocycles. The first-order valence-electron chi connectivity index (χ1n) is 9.67. The van der Waals surface area contributed by atoms with Crippen LogP contribution in [0.2, 0.25) is 5.02 Å². The summed E-state index contributed by atoms with van der Waals surface area (Å²) in [7, 11) is -4.42. The van der Waals surface area contributed by atoms with E-state index in [9.17, 15) is 26.4 Å². The van der Waals surface area contributed by atoms with Crippen molar-refractivity contribution in [2.45, 2.75) is 18.0 Å². The first-order chi connectivity index (χ1) is 16.0. The molecule has 1 amide bonds. The highest BCUT2D eigenvalue weighted by Gasteiger charge is 2.35. The van der Waals surface area contributed by atoms with Crippen molar-refractivity contribution in [1.29, 1.82) is 0 Å². The fourth-order valence-electron chi connectivity index (χ4n) is 2.83. The number of aryl methyl sites for hydroxylation is 1. The molecular weight excluding hydrogens is 493 g/mol. The van der Waals surface area contributed by atoms with Gasteiger partial charge in [0.05, 0.1) is 33.1 Å². The van der Waals surface area contributed by atoms with Gasteiger partial charge in [0.25, 0.3) is 15.9 Å². The predicted molar refractivity (Wildman–Crippen MR) is 122 cm³/mol. The van der Waals surface area contributed by atoms with Crippen LogP contribution in [0, 0.1) is 6.92 Å². The highest BCUT2D eigenvalue weighted by molar-refractivity contribution is 7.92. The van der Waals surface area contributed by atoms with E-state index in [0.29, 0.717) is 16.1 Å². The Labute approximate surface area is 198 Å². The zero-order chi connectivity index (χ0) is 24.9. The number of halogens is 4. The van der Waals surface area contributed by atoms with Gasteiger partial charge < -0.3 is 0 Å². The third-order valence-corrected chi connectivity index (χ3v) is 6.63. The van der Waals surface area contributed by atoms with E-state index >= 15 is 0 Å². The molecule has 0 unspecified atom stereocenters. The van der Waals surface area contributed by atoms with E-state index in [4.69, 9.17) is 11.6 Å². The summed E-state index contributed by atoms with van der Waals surface area (Å²) in [5.41, 5.74) is 1.74. The summed E-state index contributed by atoms with van der Waals surface area (Å²) < 4.78 is 67.3. The van der Waals surface area contributed by atoms with Gasteiger partial charge in [0.1, 0.15) is 6.54 Å². The van der Waals surface area contributed by atoms with Crippen LogP contribution in [0.4, 0.5) is 18.9 Å². The number of rotatable bonds is 7. The number of sulfonamides is 1. The lowest BCUT2D eigenvalue weighted by Crippen LogP contribution is -2.39. The van der Waals surface area contributed by atoms with Gasteiger partial charge in [-0.1, -0.05) is 35.4 Å². The third kappa shape index (κ3) is 6.12. The number of carbonyl (C=O) groups is 1. The molecule has 0 aliphatic rings. The number of benzene rings is 2. The van der Waals surface area contributed by atoms with Gasteiger partial charge in [-0.05, 0) is 49.4 Å². The molecule has 1 heterocycles. The first-order valence-corrected chi connectivity index (χ1v) is 11.5. The van der Waals surface area contributed by atoms with Crippen molar-refractivity contribution in [1.82, 2.24) is 10.4 Å². The van der Waals surface area contributed by atoms with Crippen LogP contribution in [0.3, 0.4) is 0 Å². The lowest BCUT2D eigenvalue weighted by Gasteiger charge is -2.25. The molecule has 1 N–H and O–H groups in total. The van der Waals surface area contributed by atoms with Crippen molar-refractivity contribution < 1.29 is 26.4 Å². The van der Waals surface area contributed by atoms with Crippen molar-refractivity contribution in [2.75, 3.05) is 10.8 Å². The number of pyridine rings is 1. The van der Waals surface area contributed by atoms with Crippen molar-refractivity contribution in [3.8, 4) is 0 Å². The molecule has 3 rings (SSSR count). The van der Waals surface area contributed by atoms with Crippen molar-refractivity contribution in [2.24, 2.45) is 5.10 Å². The number of hydrazone groups is 1. The molecule has 0 spiro atoms. The van der Waals surface area contributed by atoms with Gasteiger partial charge in [-0.15, -0.1) is 0 Å². The molecule has 0 fully saturated rings. The molecular formula is C22H18ClF3N4O3S. The number of nitrogens with zero attached hydrogens (tertiary/aromatic N) is 3. The van der Waals surface area contributed by atoms with Crippen LogP contribution in [-0.2, 0) is 21.0 Å². The summed E-state index contributed by atoms with van der Waals surface area (Å²) in [6, 6.07) is 13.3. The van der Waals surface area contributed by atoms with Crippen LogP contribution >= 0.6 is 11.6 Å². The number of anilines is 1. The van der Waals surface area contributed by atoms with Crippen LogP contribution in [0.25, 0.3) is 0 Å². The number of hydrogen-bond acceptors (Lipinski definition) is 5. The lowest BCUT2D eigenvalue weighted by atomic mass is 10.2. The van der Waals surface area contributed by atoms with E-state index in [0.717, 1.165) is 17.7 Å². The van der Waals surface area contributed by atoms with Crippen LogP contribution in [0.1, 0.15) is 16.8 Å². The van der Waals surface area contributed by atoms with Gasteiger partial charge in [0.15, 0.2) is 0 Å². The van der Waals surface area contributed by atoms with E-state index in [2.05, 4.69) is 15.5 Å². The Bertz CT molecular complexity index is 1300. The molecule has 0 saturated heterocycles. The number of carbonyl (C=O) groups excluding carboxylic acids is 1. The van der Waals surface area contributed by atoms with Gasteiger partial charge in [-0.2, -0.15) is 18.3 Å². The summed E-state index contributed by atoms with van der Waals surface area (Å²) in [6.07, 6.45) is -2.08. The molecule has 0 aliphatic heterocycles. The van der Waals surface area contributed by atoms with E-state index in [1.807, 2.05) is 0 Å². The molecule has 0 atom stereocenters. The summed E-state index contributed by atoms with van der Waals surface area (Å²) in [4.78, 5) is 16.3. The molecule has 1 aromatic heterocycles. The van der Waals surface area contributed by atoms with Gasteiger partial charge in [-0.3, -0.25) is 14.1 Å². The van der Waals surface area contributed by atoms with Gasteiger partial charge >= 0.3 is 6.18 Å². The normalized spacial score (nSPS) is 12.0. The highest BCUT2D eigenvalue weighted by Crippen LogP contribution is 2.38. The van der Waals surface area contributed by atoms with Crippen molar-refractivity contribution in [3.05, 3.63) is 88.7 Å². The van der Waals surface area contributed by atoms with E-state index < -0.39 is 39.2 Å². The zero-order valence-electron chi connectivity index (χ0n) is 17.6. The minimum atomic E-state index is -4.83. The van der Waals surface area contributed by atoms with E-state index in [1.54, 1.807) is 25.1 Å². The molecule has 2 aromatic carbocycles. The summed E-state index contributed by atoms with van der Waals surface area (Å²) in [5.74, 6) is -0.883. The van der Waals surface area contributed by atoms with Crippen LogP contribution in [0.5, 0.6) is 0 Å². The quantitative estimate of drug-likeness (QED) is 0.376. The van der Waals surface area contributed by atoms with Crippen LogP contribution in [0.15, 0.2) is 76.9 Å². The fourth-order valence-corrected chi connectivity index (χ4v) is 4.46. The maximum absolute atomic E-state index is 13.4. The molecule has 0 radical (unpaired) electrons. The Balaban J connectivity index is 1.96. The van der Waals surface area contributed by atoms with Gasteiger partial charge in [0.2, 0.25) is 0 Å². The second kappa shape index (κ2) is 10.2. The topological polar surface area (TPSA) is 91.7 Å². The summed E-state index contributed by atoms with van der Waals surface area (Å²) >= 11 is 5.67. The standard InChI is InChI=1S/C22H18ClF3N4O3S/c1-15-5-8-18(9-6-15)34(32,33)30(17-7-10-20(23)19(12-17)22(24,25)26)14-21(31)29-28-13-16-4-2-3-11-27-16/h2-13H,14H2,1H3,(H,29,31)/b28-13-. The number of nitrogens with one attached hydrogen (secondary N) is 1. The molecule has 0 saturated carbocycles. The molecule has 3 aromatic rings. The molecule has 34 heavy (non-hydrogen) atoms. The maximum atomic E-state index is 13.4. The largest absolute Gasteiger partial charge is 0.417 e. The highest BCUT2D eigenvalue weighted by atomic mass is 35.5. The number of hydrogen-bond donors (Lipinski definition) is 1. The SMILES string of the molecule is Cc1ccc(S(=O)(=O)N(CC(=O)N/N=C\c2ccccn2)c2ccc(Cl)c(C(F)(F)F)c2)cc1. The van der Waals surface area contributed by atoms with Crippen molar-refractivity contribution in [3.63, 3.8) is 0 Å². The number of amides is 1. The minimum absolute atomic E-state index is 0.202. The average molecular weight is 511 g/mol.